The minimum absolute atomic E-state index is 0.148. The minimum atomic E-state index is -0.148. The van der Waals surface area contributed by atoms with Gasteiger partial charge in [0.2, 0.25) is 0 Å². The Morgan fingerprint density at radius 3 is 1.33 bits per heavy atom. The molecule has 0 fully saturated rings. The zero-order valence-corrected chi connectivity index (χ0v) is 4.60. The summed E-state index contributed by atoms with van der Waals surface area (Å²) in [6.07, 6.45) is -0.148. The maximum atomic E-state index is 8.63. The quantitative estimate of drug-likeness (QED) is 0.507. The topological polar surface area (TPSA) is 20.2 Å². The van der Waals surface area contributed by atoms with E-state index in [0.717, 1.165) is 0 Å². The normalized spacial score (nSPS) is 15.5. The van der Waals surface area contributed by atoms with Crippen LogP contribution in [0.1, 0.15) is 20.8 Å². The van der Waals surface area contributed by atoms with Crippen LogP contribution < -0.4 is 0 Å². The minimum Gasteiger partial charge on any atom is -0.393 e. The van der Waals surface area contributed by atoms with E-state index in [1.165, 1.54) is 0 Å². The molecule has 0 rings (SSSR count). The Balaban J connectivity index is 2.99. The molecule has 1 nitrogen and oxygen atoms in total. The Morgan fingerprint density at radius 2 is 1.33 bits per heavy atom. The fourth-order valence-electron chi connectivity index (χ4n) is 0. The van der Waals surface area contributed by atoms with Gasteiger partial charge in [0, 0.05) is 0 Å². The average Bonchev–Trinajstić information content (AvgIpc) is 1.36. The van der Waals surface area contributed by atoms with Crippen LogP contribution in [0.15, 0.2) is 0 Å². The van der Waals surface area contributed by atoms with E-state index in [2.05, 4.69) is 0 Å². The summed E-state index contributed by atoms with van der Waals surface area (Å²) < 4.78 is 0. The molecule has 0 aliphatic heterocycles. The number of aliphatic hydroxyl groups is 1. The van der Waals surface area contributed by atoms with E-state index in [0.29, 0.717) is 5.92 Å². The highest BCUT2D eigenvalue weighted by Gasteiger charge is 1.97. The molecule has 0 amide bonds. The number of aliphatic hydroxyl groups excluding tert-OH is 1. The van der Waals surface area contributed by atoms with Crippen molar-refractivity contribution in [2.45, 2.75) is 26.9 Å². The summed E-state index contributed by atoms with van der Waals surface area (Å²) in [4.78, 5) is 0. The van der Waals surface area contributed by atoms with Gasteiger partial charge >= 0.3 is 0 Å². The second kappa shape index (κ2) is 2.19. The molecule has 0 aromatic rings. The molecular weight excluding hydrogens is 76.1 g/mol. The molecule has 0 saturated carbocycles. The van der Waals surface area contributed by atoms with Gasteiger partial charge in [-0.15, -0.1) is 0 Å². The van der Waals surface area contributed by atoms with E-state index in [-0.39, 0.29) is 6.10 Å². The van der Waals surface area contributed by atoms with Crippen molar-refractivity contribution in [3.63, 3.8) is 0 Å². The Kier molecular flexibility index (Phi) is 2.18. The van der Waals surface area contributed by atoms with Crippen LogP contribution in [0.4, 0.5) is 0 Å². The van der Waals surface area contributed by atoms with Crippen molar-refractivity contribution in [1.82, 2.24) is 0 Å². The molecular formula is C5H12O. The lowest BCUT2D eigenvalue weighted by molar-refractivity contribution is 0.144. The number of rotatable bonds is 1. The fraction of sp³-hybridized carbons (Fsp3) is 1.00. The van der Waals surface area contributed by atoms with Crippen molar-refractivity contribution in [3.8, 4) is 0 Å². The molecule has 1 heteroatoms. The molecule has 0 aromatic carbocycles. The molecule has 0 aliphatic carbocycles. The number of hydrogen-bond donors (Lipinski definition) is 1. The van der Waals surface area contributed by atoms with E-state index < -0.39 is 0 Å². The molecule has 1 N–H and O–H groups in total. The molecule has 0 unspecified atom stereocenters. The molecule has 0 aromatic heterocycles. The first-order valence-corrected chi connectivity index (χ1v) is 2.32. The van der Waals surface area contributed by atoms with Crippen LogP contribution in [0, 0.1) is 5.92 Å². The van der Waals surface area contributed by atoms with Gasteiger partial charge in [0.05, 0.1) is 6.10 Å². The van der Waals surface area contributed by atoms with E-state index in [1.807, 2.05) is 13.8 Å². The summed E-state index contributed by atoms with van der Waals surface area (Å²) in [7, 11) is 0. The van der Waals surface area contributed by atoms with Crippen LogP contribution in [-0.4, -0.2) is 11.2 Å². The fourth-order valence-corrected chi connectivity index (χ4v) is 0. The summed E-state index contributed by atoms with van der Waals surface area (Å²) in [5.41, 5.74) is 0. The third-order valence-electron chi connectivity index (χ3n) is 0.965. The third-order valence-corrected chi connectivity index (χ3v) is 0.965. The van der Waals surface area contributed by atoms with Crippen molar-refractivity contribution in [1.29, 1.82) is 0 Å². The van der Waals surface area contributed by atoms with Crippen LogP contribution in [-0.2, 0) is 0 Å². The maximum Gasteiger partial charge on any atom is 0.0535 e. The highest BCUT2D eigenvalue weighted by molar-refractivity contribution is 4.48. The highest BCUT2D eigenvalue weighted by Crippen LogP contribution is 1.96. The molecule has 38 valence electrons. The summed E-state index contributed by atoms with van der Waals surface area (Å²) in [5.74, 6) is 0.407. The zero-order valence-electron chi connectivity index (χ0n) is 4.60. The summed E-state index contributed by atoms with van der Waals surface area (Å²) in [5, 5.41) is 8.63. The van der Waals surface area contributed by atoms with Crippen molar-refractivity contribution in [3.05, 3.63) is 0 Å². The van der Waals surface area contributed by atoms with Gasteiger partial charge in [-0.05, 0) is 12.8 Å². The predicted molar refractivity (Wildman–Crippen MR) is 26.5 cm³/mol. The first-order valence-electron chi connectivity index (χ1n) is 2.32. The second-order valence-electron chi connectivity index (χ2n) is 1.98. The van der Waals surface area contributed by atoms with Crippen molar-refractivity contribution < 1.29 is 5.11 Å². The lowest BCUT2D eigenvalue weighted by atomic mass is 10.1. The van der Waals surface area contributed by atoms with Gasteiger partial charge in [0.15, 0.2) is 0 Å². The van der Waals surface area contributed by atoms with Crippen molar-refractivity contribution in [2.24, 2.45) is 5.92 Å². The zero-order chi connectivity index (χ0) is 5.15. The van der Waals surface area contributed by atoms with Gasteiger partial charge in [-0.1, -0.05) is 13.8 Å². The summed E-state index contributed by atoms with van der Waals surface area (Å²) >= 11 is 0. The SMILES string of the molecule is CC(C)[C@H](C)O. The summed E-state index contributed by atoms with van der Waals surface area (Å²) in [6.45, 7) is 5.78. The van der Waals surface area contributed by atoms with Crippen LogP contribution >= 0.6 is 0 Å². The Hall–Kier alpha value is -0.0400. The van der Waals surface area contributed by atoms with Gasteiger partial charge in [-0.25, -0.2) is 0 Å². The first kappa shape index (κ1) is 5.96. The van der Waals surface area contributed by atoms with Gasteiger partial charge in [-0.2, -0.15) is 0 Å². The lowest BCUT2D eigenvalue weighted by Gasteiger charge is -2.04. The lowest BCUT2D eigenvalue weighted by Crippen LogP contribution is -2.07. The Bertz CT molecular complexity index is 24.9. The number of hydrogen-bond acceptors (Lipinski definition) is 1. The van der Waals surface area contributed by atoms with Gasteiger partial charge in [0.1, 0.15) is 0 Å². The Labute approximate surface area is 39.0 Å². The molecule has 0 heterocycles. The van der Waals surface area contributed by atoms with E-state index in [4.69, 9.17) is 5.11 Å². The van der Waals surface area contributed by atoms with E-state index >= 15 is 0 Å². The van der Waals surface area contributed by atoms with Gasteiger partial charge < -0.3 is 5.11 Å². The Morgan fingerprint density at radius 1 is 1.17 bits per heavy atom. The van der Waals surface area contributed by atoms with Gasteiger partial charge in [0.25, 0.3) is 0 Å². The molecule has 6 heavy (non-hydrogen) atoms. The highest BCUT2D eigenvalue weighted by atomic mass is 16.3. The van der Waals surface area contributed by atoms with Crippen LogP contribution in [0.3, 0.4) is 0 Å². The average molecular weight is 88.1 g/mol. The third kappa shape index (κ3) is 2.21. The molecule has 1 atom stereocenters. The van der Waals surface area contributed by atoms with Crippen LogP contribution in [0.5, 0.6) is 0 Å². The van der Waals surface area contributed by atoms with Crippen molar-refractivity contribution in [2.75, 3.05) is 0 Å². The maximum absolute atomic E-state index is 8.63. The largest absolute Gasteiger partial charge is 0.393 e. The molecule has 0 aliphatic rings. The smallest absolute Gasteiger partial charge is 0.0535 e. The predicted octanol–water partition coefficient (Wildman–Crippen LogP) is 1.02. The van der Waals surface area contributed by atoms with Crippen molar-refractivity contribution >= 4 is 0 Å². The van der Waals surface area contributed by atoms with Gasteiger partial charge in [-0.3, -0.25) is 0 Å². The van der Waals surface area contributed by atoms with E-state index in [1.54, 1.807) is 6.92 Å². The molecule has 0 spiro atoms. The van der Waals surface area contributed by atoms with E-state index in [9.17, 15) is 0 Å². The molecule has 0 saturated heterocycles. The standard InChI is InChI=1S/C5H12O/c1-4(2)5(3)6/h4-6H,1-3H3/t5-/m0/s1. The monoisotopic (exact) mass is 88.1 g/mol. The molecule has 0 radical (unpaired) electrons. The second-order valence-corrected chi connectivity index (χ2v) is 1.98. The van der Waals surface area contributed by atoms with Crippen LogP contribution in [0.2, 0.25) is 0 Å². The first-order chi connectivity index (χ1) is 2.64. The summed E-state index contributed by atoms with van der Waals surface area (Å²) in [6, 6.07) is 0. The van der Waals surface area contributed by atoms with Crippen LogP contribution in [0.25, 0.3) is 0 Å². The molecule has 0 bridgehead atoms.